The van der Waals surface area contributed by atoms with Gasteiger partial charge in [-0.05, 0) is 39.0 Å². The Morgan fingerprint density at radius 3 is 2.33 bits per heavy atom. The quantitative estimate of drug-likeness (QED) is 0.787. The Morgan fingerprint density at radius 2 is 1.70 bits per heavy atom. The Kier molecular flexibility index (Phi) is 6.28. The third kappa shape index (κ3) is 6.22. The maximum atomic E-state index is 13.6. The average Bonchev–Trinajstić information content (AvgIpc) is 2.60. The number of amides is 2. The first kappa shape index (κ1) is 20.1. The summed E-state index contributed by atoms with van der Waals surface area (Å²) in [5.41, 5.74) is -0.147. The summed E-state index contributed by atoms with van der Waals surface area (Å²) < 4.78 is 18.7. The van der Waals surface area contributed by atoms with E-state index in [9.17, 15) is 18.8 Å². The molecule has 0 unspecified atom stereocenters. The van der Waals surface area contributed by atoms with Crippen molar-refractivity contribution in [2.75, 3.05) is 11.9 Å². The average molecular weight is 372 g/mol. The van der Waals surface area contributed by atoms with Crippen molar-refractivity contribution in [3.8, 4) is 0 Å². The van der Waals surface area contributed by atoms with Crippen LogP contribution in [0.15, 0.2) is 48.5 Å². The first-order chi connectivity index (χ1) is 12.7. The summed E-state index contributed by atoms with van der Waals surface area (Å²) in [6, 6.07) is 11.8. The minimum absolute atomic E-state index is 0.0202. The Hall–Kier alpha value is -3.22. The normalized spacial score (nSPS) is 10.8. The molecule has 0 fully saturated rings. The number of hydrogen-bond acceptors (Lipinski definition) is 4. The highest BCUT2D eigenvalue weighted by Gasteiger charge is 2.18. The van der Waals surface area contributed by atoms with Gasteiger partial charge in [-0.1, -0.05) is 30.3 Å². The summed E-state index contributed by atoms with van der Waals surface area (Å²) in [5, 5.41) is 4.83. The molecule has 0 heterocycles. The van der Waals surface area contributed by atoms with Crippen molar-refractivity contribution < 1.29 is 23.5 Å². The molecule has 0 atom stereocenters. The van der Waals surface area contributed by atoms with Crippen molar-refractivity contribution in [2.24, 2.45) is 0 Å². The summed E-state index contributed by atoms with van der Waals surface area (Å²) >= 11 is 0. The first-order valence-electron chi connectivity index (χ1n) is 8.32. The van der Waals surface area contributed by atoms with E-state index < -0.39 is 29.2 Å². The summed E-state index contributed by atoms with van der Waals surface area (Å²) in [5.74, 6) is -1.60. The molecule has 6 nitrogen and oxygen atoms in total. The second-order valence-corrected chi connectivity index (χ2v) is 6.79. The zero-order valence-electron chi connectivity index (χ0n) is 15.3. The number of rotatable bonds is 5. The fourth-order valence-corrected chi connectivity index (χ4v) is 2.22. The van der Waals surface area contributed by atoms with Gasteiger partial charge in [0.15, 0.2) is 5.78 Å². The van der Waals surface area contributed by atoms with Crippen LogP contribution in [0.25, 0.3) is 0 Å². The minimum Gasteiger partial charge on any atom is -0.444 e. The summed E-state index contributed by atoms with van der Waals surface area (Å²) in [6.07, 6.45) is -0.739. The van der Waals surface area contributed by atoms with Crippen LogP contribution >= 0.6 is 0 Å². The van der Waals surface area contributed by atoms with E-state index in [-0.39, 0.29) is 17.8 Å². The molecule has 2 N–H and O–H groups in total. The number of ketones is 1. The molecule has 27 heavy (non-hydrogen) atoms. The lowest BCUT2D eigenvalue weighted by atomic mass is 10.0. The highest BCUT2D eigenvalue weighted by Crippen LogP contribution is 2.21. The lowest BCUT2D eigenvalue weighted by Crippen LogP contribution is -2.37. The van der Waals surface area contributed by atoms with E-state index >= 15 is 0 Å². The lowest BCUT2D eigenvalue weighted by Gasteiger charge is -2.19. The van der Waals surface area contributed by atoms with Crippen LogP contribution in [0.2, 0.25) is 0 Å². The summed E-state index contributed by atoms with van der Waals surface area (Å²) in [6.45, 7) is 4.75. The molecule has 2 amide bonds. The number of carbonyl (C=O) groups is 3. The number of hydrogen-bond donors (Lipinski definition) is 2. The Bertz CT molecular complexity index is 845. The summed E-state index contributed by atoms with van der Waals surface area (Å²) in [7, 11) is 0. The Morgan fingerprint density at radius 1 is 1.04 bits per heavy atom. The fourth-order valence-electron chi connectivity index (χ4n) is 2.22. The molecule has 0 saturated carbocycles. The van der Waals surface area contributed by atoms with Gasteiger partial charge in [0, 0.05) is 11.1 Å². The predicted molar refractivity (Wildman–Crippen MR) is 99.1 cm³/mol. The van der Waals surface area contributed by atoms with Gasteiger partial charge in [-0.2, -0.15) is 0 Å². The third-order valence-electron chi connectivity index (χ3n) is 3.33. The Labute approximate surface area is 156 Å². The smallest absolute Gasteiger partial charge is 0.408 e. The molecule has 2 aromatic rings. The predicted octanol–water partition coefficient (Wildman–Crippen LogP) is 3.52. The maximum absolute atomic E-state index is 13.6. The monoisotopic (exact) mass is 372 g/mol. The number of carbonyl (C=O) groups excluding carboxylic acids is 3. The van der Waals surface area contributed by atoms with Crippen LogP contribution in [0.3, 0.4) is 0 Å². The van der Waals surface area contributed by atoms with Crippen molar-refractivity contribution >= 4 is 23.5 Å². The van der Waals surface area contributed by atoms with E-state index in [4.69, 9.17) is 4.74 Å². The van der Waals surface area contributed by atoms with Crippen molar-refractivity contribution in [1.29, 1.82) is 0 Å². The number of benzene rings is 2. The summed E-state index contributed by atoms with van der Waals surface area (Å²) in [4.78, 5) is 36.3. The molecule has 0 aliphatic rings. The fraction of sp³-hybridized carbons (Fsp3) is 0.250. The first-order valence-corrected chi connectivity index (χ1v) is 8.32. The van der Waals surface area contributed by atoms with Crippen LogP contribution in [0.4, 0.5) is 14.9 Å². The molecular weight excluding hydrogens is 351 g/mol. The van der Waals surface area contributed by atoms with Gasteiger partial charge in [-0.25, -0.2) is 9.18 Å². The van der Waals surface area contributed by atoms with Gasteiger partial charge in [0.05, 0.1) is 5.69 Å². The Balaban J connectivity index is 2.09. The van der Waals surface area contributed by atoms with E-state index in [0.29, 0.717) is 5.56 Å². The highest BCUT2D eigenvalue weighted by atomic mass is 19.1. The molecular formula is C20H21FN2O4. The van der Waals surface area contributed by atoms with Crippen LogP contribution in [-0.2, 0) is 9.53 Å². The molecule has 2 aromatic carbocycles. The zero-order chi connectivity index (χ0) is 20.0. The second kappa shape index (κ2) is 8.44. The molecule has 0 aliphatic heterocycles. The van der Waals surface area contributed by atoms with Gasteiger partial charge in [-0.15, -0.1) is 0 Å². The van der Waals surface area contributed by atoms with Crippen LogP contribution in [-0.4, -0.2) is 29.9 Å². The molecule has 0 saturated heterocycles. The molecule has 0 aromatic heterocycles. The van der Waals surface area contributed by atoms with E-state index in [0.717, 1.165) is 12.1 Å². The molecule has 0 aliphatic carbocycles. The van der Waals surface area contributed by atoms with Gasteiger partial charge < -0.3 is 15.4 Å². The van der Waals surface area contributed by atoms with Gasteiger partial charge in [-0.3, -0.25) is 9.59 Å². The van der Waals surface area contributed by atoms with E-state index in [1.807, 2.05) is 0 Å². The third-order valence-corrected chi connectivity index (χ3v) is 3.33. The SMILES string of the molecule is CC(C)(C)OC(=O)NCC(=O)Nc1ccc(F)cc1C(=O)c1ccccc1. The zero-order valence-corrected chi connectivity index (χ0v) is 15.3. The van der Waals surface area contributed by atoms with Crippen molar-refractivity contribution in [2.45, 2.75) is 26.4 Å². The van der Waals surface area contributed by atoms with Gasteiger partial charge >= 0.3 is 6.09 Å². The van der Waals surface area contributed by atoms with E-state index in [1.54, 1.807) is 51.1 Å². The van der Waals surface area contributed by atoms with Crippen LogP contribution < -0.4 is 10.6 Å². The standard InChI is InChI=1S/C20H21FN2O4/c1-20(2,3)27-19(26)22-12-17(24)23-16-10-9-14(21)11-15(16)18(25)13-7-5-4-6-8-13/h4-11H,12H2,1-3H3,(H,22,26)(H,23,24). The molecule has 142 valence electrons. The number of alkyl carbamates (subject to hydrolysis) is 1. The molecule has 0 bridgehead atoms. The van der Waals surface area contributed by atoms with Gasteiger partial charge in [0.2, 0.25) is 5.91 Å². The molecule has 0 radical (unpaired) electrons. The minimum atomic E-state index is -0.739. The van der Waals surface area contributed by atoms with Crippen molar-refractivity contribution in [1.82, 2.24) is 5.32 Å². The maximum Gasteiger partial charge on any atom is 0.408 e. The number of anilines is 1. The topological polar surface area (TPSA) is 84.5 Å². The number of halogens is 1. The highest BCUT2D eigenvalue weighted by molar-refractivity contribution is 6.14. The van der Waals surface area contributed by atoms with Crippen molar-refractivity contribution in [3.05, 3.63) is 65.5 Å². The number of nitrogens with one attached hydrogen (secondary N) is 2. The second-order valence-electron chi connectivity index (χ2n) is 6.79. The van der Waals surface area contributed by atoms with Gasteiger partial charge in [0.25, 0.3) is 0 Å². The lowest BCUT2D eigenvalue weighted by molar-refractivity contribution is -0.115. The largest absolute Gasteiger partial charge is 0.444 e. The van der Waals surface area contributed by atoms with Crippen LogP contribution in [0.1, 0.15) is 36.7 Å². The van der Waals surface area contributed by atoms with Crippen LogP contribution in [0.5, 0.6) is 0 Å². The van der Waals surface area contributed by atoms with Crippen LogP contribution in [0, 0.1) is 5.82 Å². The molecule has 7 heteroatoms. The van der Waals surface area contributed by atoms with Crippen molar-refractivity contribution in [3.63, 3.8) is 0 Å². The molecule has 0 spiro atoms. The van der Waals surface area contributed by atoms with Gasteiger partial charge in [0.1, 0.15) is 18.0 Å². The molecule has 2 rings (SSSR count). The van der Waals surface area contributed by atoms with E-state index in [1.165, 1.54) is 6.07 Å². The number of ether oxygens (including phenoxy) is 1. The van der Waals surface area contributed by atoms with E-state index in [2.05, 4.69) is 10.6 Å².